The summed E-state index contributed by atoms with van der Waals surface area (Å²) in [5.41, 5.74) is 3.85. The summed E-state index contributed by atoms with van der Waals surface area (Å²) < 4.78 is 12.0. The third-order valence-electron chi connectivity index (χ3n) is 5.77. The average Bonchev–Trinajstić information content (AvgIpc) is 3.03. The third kappa shape index (κ3) is 3.83. The lowest BCUT2D eigenvalue weighted by Crippen LogP contribution is -2.44. The standard InChI is InChI=1S/C23H30N2O2/c1-3-26-21-14-19-12-16(2)27-23(19)20(15-21)13-18-10-7-11-25(24)22(18)17-8-5-4-6-9-17/h4-6,8-9,14-16,18,22H,3,7,10-13,24H2,1-2H3/t16?,18-,22+/m0/s1. The minimum Gasteiger partial charge on any atom is -0.494 e. The number of benzene rings is 2. The van der Waals surface area contributed by atoms with Crippen molar-refractivity contribution in [3.05, 3.63) is 59.2 Å². The molecule has 0 aromatic heterocycles. The van der Waals surface area contributed by atoms with Crippen molar-refractivity contribution in [1.29, 1.82) is 0 Å². The molecule has 144 valence electrons. The smallest absolute Gasteiger partial charge is 0.126 e. The molecule has 0 bridgehead atoms. The van der Waals surface area contributed by atoms with Crippen LogP contribution in [0.5, 0.6) is 11.5 Å². The fraction of sp³-hybridized carbons (Fsp3) is 0.478. The number of hydrazine groups is 1. The summed E-state index contributed by atoms with van der Waals surface area (Å²) in [4.78, 5) is 0. The van der Waals surface area contributed by atoms with Crippen molar-refractivity contribution in [1.82, 2.24) is 5.01 Å². The van der Waals surface area contributed by atoms with Gasteiger partial charge in [0.15, 0.2) is 0 Å². The first-order valence-corrected chi connectivity index (χ1v) is 10.2. The van der Waals surface area contributed by atoms with Gasteiger partial charge < -0.3 is 9.47 Å². The highest BCUT2D eigenvalue weighted by atomic mass is 16.5. The van der Waals surface area contributed by atoms with Crippen LogP contribution in [0.3, 0.4) is 0 Å². The van der Waals surface area contributed by atoms with E-state index in [1.54, 1.807) is 0 Å². The number of piperidine rings is 1. The molecular formula is C23H30N2O2. The number of fused-ring (bicyclic) bond motifs is 1. The summed E-state index contributed by atoms with van der Waals surface area (Å²) >= 11 is 0. The van der Waals surface area contributed by atoms with Gasteiger partial charge in [0.25, 0.3) is 0 Å². The molecule has 2 aromatic rings. The van der Waals surface area contributed by atoms with E-state index in [1.165, 1.54) is 23.1 Å². The topological polar surface area (TPSA) is 47.7 Å². The van der Waals surface area contributed by atoms with E-state index in [2.05, 4.69) is 49.4 Å². The van der Waals surface area contributed by atoms with Crippen LogP contribution < -0.4 is 15.3 Å². The Hall–Kier alpha value is -2.04. The molecule has 4 heteroatoms. The molecule has 2 aliphatic heterocycles. The van der Waals surface area contributed by atoms with Gasteiger partial charge in [-0.25, -0.2) is 5.01 Å². The van der Waals surface area contributed by atoms with Crippen LogP contribution in [0.4, 0.5) is 0 Å². The first kappa shape index (κ1) is 18.3. The molecule has 4 rings (SSSR count). The van der Waals surface area contributed by atoms with Crippen molar-refractivity contribution in [3.63, 3.8) is 0 Å². The molecule has 1 saturated heterocycles. The molecule has 1 fully saturated rings. The van der Waals surface area contributed by atoms with E-state index in [9.17, 15) is 0 Å². The van der Waals surface area contributed by atoms with Gasteiger partial charge >= 0.3 is 0 Å². The fourth-order valence-corrected chi connectivity index (χ4v) is 4.69. The van der Waals surface area contributed by atoms with Crippen molar-refractivity contribution in [3.8, 4) is 11.5 Å². The zero-order chi connectivity index (χ0) is 18.8. The molecule has 2 N–H and O–H groups in total. The minimum atomic E-state index is 0.234. The van der Waals surface area contributed by atoms with Gasteiger partial charge in [-0.2, -0.15) is 0 Å². The van der Waals surface area contributed by atoms with E-state index >= 15 is 0 Å². The predicted molar refractivity (Wildman–Crippen MR) is 108 cm³/mol. The molecule has 2 aliphatic rings. The number of hydrogen-bond acceptors (Lipinski definition) is 4. The molecule has 0 aliphatic carbocycles. The second kappa shape index (κ2) is 7.91. The Labute approximate surface area is 162 Å². The van der Waals surface area contributed by atoms with Gasteiger partial charge in [0.1, 0.15) is 17.6 Å². The van der Waals surface area contributed by atoms with Crippen LogP contribution in [0.25, 0.3) is 0 Å². The van der Waals surface area contributed by atoms with Crippen molar-refractivity contribution in [2.75, 3.05) is 13.2 Å². The van der Waals surface area contributed by atoms with Gasteiger partial charge in [-0.1, -0.05) is 30.3 Å². The molecule has 0 radical (unpaired) electrons. The van der Waals surface area contributed by atoms with Crippen LogP contribution in [0.2, 0.25) is 0 Å². The molecule has 3 atom stereocenters. The van der Waals surface area contributed by atoms with Gasteiger partial charge in [-0.05, 0) is 62.3 Å². The Morgan fingerprint density at radius 3 is 2.81 bits per heavy atom. The summed E-state index contributed by atoms with van der Waals surface area (Å²) in [6, 6.07) is 15.2. The van der Waals surface area contributed by atoms with Crippen LogP contribution in [0, 0.1) is 5.92 Å². The number of rotatable bonds is 5. The summed E-state index contributed by atoms with van der Waals surface area (Å²) in [5, 5.41) is 2.03. The highest BCUT2D eigenvalue weighted by Crippen LogP contribution is 2.42. The Morgan fingerprint density at radius 1 is 1.22 bits per heavy atom. The second-order valence-corrected chi connectivity index (χ2v) is 7.84. The highest BCUT2D eigenvalue weighted by Gasteiger charge is 2.33. The SMILES string of the molecule is CCOc1cc2c(c(C[C@@H]3CCCN(N)[C@@H]3c3ccccc3)c1)OC(C)C2. The summed E-state index contributed by atoms with van der Waals surface area (Å²) in [6.07, 6.45) is 4.46. The largest absolute Gasteiger partial charge is 0.494 e. The van der Waals surface area contributed by atoms with Gasteiger partial charge in [0, 0.05) is 18.5 Å². The van der Waals surface area contributed by atoms with Gasteiger partial charge in [0.2, 0.25) is 0 Å². The van der Waals surface area contributed by atoms with E-state index in [-0.39, 0.29) is 12.1 Å². The average molecular weight is 367 g/mol. The van der Waals surface area contributed by atoms with Crippen LogP contribution in [0.1, 0.15) is 49.4 Å². The van der Waals surface area contributed by atoms with Crippen LogP contribution in [0.15, 0.2) is 42.5 Å². The lowest BCUT2D eigenvalue weighted by Gasteiger charge is -2.39. The molecule has 2 aromatic carbocycles. The maximum Gasteiger partial charge on any atom is 0.126 e. The number of hydrogen-bond donors (Lipinski definition) is 1. The lowest BCUT2D eigenvalue weighted by atomic mass is 9.81. The van der Waals surface area contributed by atoms with Gasteiger partial charge in [-0.15, -0.1) is 0 Å². The van der Waals surface area contributed by atoms with E-state index < -0.39 is 0 Å². The fourth-order valence-electron chi connectivity index (χ4n) is 4.69. The zero-order valence-corrected chi connectivity index (χ0v) is 16.4. The van der Waals surface area contributed by atoms with E-state index in [1.807, 2.05) is 11.9 Å². The van der Waals surface area contributed by atoms with Gasteiger partial charge in [-0.3, -0.25) is 5.84 Å². The van der Waals surface area contributed by atoms with Crippen molar-refractivity contribution in [2.24, 2.45) is 11.8 Å². The number of nitrogens with zero attached hydrogens (tertiary/aromatic N) is 1. The first-order valence-electron chi connectivity index (χ1n) is 10.2. The van der Waals surface area contributed by atoms with Crippen LogP contribution in [-0.4, -0.2) is 24.3 Å². The Bertz CT molecular complexity index is 777. The summed E-state index contributed by atoms with van der Waals surface area (Å²) in [5.74, 6) is 8.94. The quantitative estimate of drug-likeness (QED) is 0.803. The summed E-state index contributed by atoms with van der Waals surface area (Å²) in [6.45, 7) is 5.80. The van der Waals surface area contributed by atoms with Crippen LogP contribution >= 0.6 is 0 Å². The van der Waals surface area contributed by atoms with Crippen molar-refractivity contribution >= 4 is 0 Å². The Morgan fingerprint density at radius 2 is 2.04 bits per heavy atom. The third-order valence-corrected chi connectivity index (χ3v) is 5.77. The predicted octanol–water partition coefficient (Wildman–Crippen LogP) is 4.28. The normalized spacial score (nSPS) is 25.1. The number of nitrogens with two attached hydrogens (primary N) is 1. The maximum absolute atomic E-state index is 6.44. The Kier molecular flexibility index (Phi) is 5.37. The molecule has 1 unspecified atom stereocenters. The van der Waals surface area contributed by atoms with E-state index in [4.69, 9.17) is 15.3 Å². The maximum atomic E-state index is 6.44. The molecule has 0 amide bonds. The van der Waals surface area contributed by atoms with Crippen LogP contribution in [-0.2, 0) is 12.8 Å². The second-order valence-electron chi connectivity index (χ2n) is 7.84. The minimum absolute atomic E-state index is 0.234. The zero-order valence-electron chi connectivity index (χ0n) is 16.4. The highest BCUT2D eigenvalue weighted by molar-refractivity contribution is 5.50. The molecule has 4 nitrogen and oxygen atoms in total. The van der Waals surface area contributed by atoms with E-state index in [0.29, 0.717) is 12.5 Å². The number of ether oxygens (including phenoxy) is 2. The molecular weight excluding hydrogens is 336 g/mol. The van der Waals surface area contributed by atoms with E-state index in [0.717, 1.165) is 37.3 Å². The molecule has 0 saturated carbocycles. The van der Waals surface area contributed by atoms with Crippen molar-refractivity contribution in [2.45, 2.75) is 51.7 Å². The Balaban J connectivity index is 1.66. The monoisotopic (exact) mass is 366 g/mol. The molecule has 27 heavy (non-hydrogen) atoms. The van der Waals surface area contributed by atoms with Crippen molar-refractivity contribution < 1.29 is 9.47 Å². The lowest BCUT2D eigenvalue weighted by molar-refractivity contribution is 0.0920. The molecule has 0 spiro atoms. The molecule has 2 heterocycles. The van der Waals surface area contributed by atoms with Gasteiger partial charge in [0.05, 0.1) is 12.6 Å². The summed E-state index contributed by atoms with van der Waals surface area (Å²) in [7, 11) is 0. The first-order chi connectivity index (χ1) is 13.2.